The van der Waals surface area contributed by atoms with Crippen molar-refractivity contribution >= 4 is 5.91 Å². The highest BCUT2D eigenvalue weighted by Gasteiger charge is 2.23. The van der Waals surface area contributed by atoms with E-state index in [2.05, 4.69) is 0 Å². The smallest absolute Gasteiger partial charge is 0.253 e. The fraction of sp³-hybridized carbons (Fsp3) is 0.526. The topological polar surface area (TPSA) is 38.8 Å². The van der Waals surface area contributed by atoms with Gasteiger partial charge in [0.05, 0.1) is 0 Å². The summed E-state index contributed by atoms with van der Waals surface area (Å²) < 4.78 is 10.9. The van der Waals surface area contributed by atoms with E-state index in [9.17, 15) is 4.79 Å². The Labute approximate surface area is 139 Å². The first-order chi connectivity index (χ1) is 11.1. The summed E-state index contributed by atoms with van der Waals surface area (Å²) in [5.74, 6) is 1.40. The van der Waals surface area contributed by atoms with E-state index in [0.717, 1.165) is 38.3 Å². The van der Waals surface area contributed by atoms with E-state index in [1.807, 2.05) is 49.1 Å². The number of hydrogen-bond donors (Lipinski definition) is 0. The number of ether oxygens (including phenoxy) is 2. The lowest BCUT2D eigenvalue weighted by Gasteiger charge is -2.31. The van der Waals surface area contributed by atoms with Crippen molar-refractivity contribution in [1.82, 2.24) is 4.90 Å². The number of likely N-dealkylation sites (tertiary alicyclic amines) is 1. The minimum Gasteiger partial charge on any atom is -0.490 e. The standard InChI is InChI=1S/C19H27NO3/c1-15(2)9-12-23-18-6-4-5-17(13-18)19(21)20-10-7-16(8-11-20)14-22-3/h4-6,9,13,16H,7-8,10-12,14H2,1-3H3. The lowest BCUT2D eigenvalue weighted by atomic mass is 9.97. The zero-order chi connectivity index (χ0) is 16.7. The maximum absolute atomic E-state index is 12.6. The molecule has 0 aromatic heterocycles. The number of rotatable bonds is 6. The van der Waals surface area contributed by atoms with Crippen molar-refractivity contribution in [3.05, 3.63) is 41.5 Å². The molecule has 0 atom stereocenters. The molecule has 0 aliphatic carbocycles. The van der Waals surface area contributed by atoms with Gasteiger partial charge in [-0.3, -0.25) is 4.79 Å². The molecule has 1 aromatic rings. The van der Waals surface area contributed by atoms with Crippen LogP contribution in [0.25, 0.3) is 0 Å². The average Bonchev–Trinajstić information content (AvgIpc) is 2.55. The molecule has 1 saturated heterocycles. The van der Waals surface area contributed by atoms with E-state index in [-0.39, 0.29) is 5.91 Å². The highest BCUT2D eigenvalue weighted by Crippen LogP contribution is 2.21. The van der Waals surface area contributed by atoms with Crippen molar-refractivity contribution in [2.24, 2.45) is 5.92 Å². The second kappa shape index (κ2) is 8.73. The average molecular weight is 317 g/mol. The fourth-order valence-corrected chi connectivity index (χ4v) is 2.74. The maximum Gasteiger partial charge on any atom is 0.253 e. The van der Waals surface area contributed by atoms with Crippen LogP contribution in [0.2, 0.25) is 0 Å². The molecule has 0 spiro atoms. The number of hydrogen-bond acceptors (Lipinski definition) is 3. The molecule has 1 aliphatic heterocycles. The van der Waals surface area contributed by atoms with Crippen molar-refractivity contribution in [2.45, 2.75) is 26.7 Å². The Morgan fingerprint density at radius 2 is 2.04 bits per heavy atom. The Bertz CT molecular complexity index is 541. The molecule has 0 unspecified atom stereocenters. The second-order valence-corrected chi connectivity index (χ2v) is 6.31. The van der Waals surface area contributed by atoms with Gasteiger partial charge in [-0.25, -0.2) is 0 Å². The van der Waals surface area contributed by atoms with Crippen molar-refractivity contribution in [1.29, 1.82) is 0 Å². The Kier molecular flexibility index (Phi) is 6.66. The van der Waals surface area contributed by atoms with Crippen molar-refractivity contribution in [2.75, 3.05) is 33.4 Å². The first-order valence-corrected chi connectivity index (χ1v) is 8.24. The van der Waals surface area contributed by atoms with Gasteiger partial charge in [-0.05, 0) is 56.9 Å². The van der Waals surface area contributed by atoms with Crippen LogP contribution in [0.5, 0.6) is 5.75 Å². The number of nitrogens with zero attached hydrogens (tertiary/aromatic N) is 1. The number of methoxy groups -OCH3 is 1. The summed E-state index contributed by atoms with van der Waals surface area (Å²) in [6.07, 6.45) is 4.04. The molecule has 126 valence electrons. The molecule has 1 heterocycles. The summed E-state index contributed by atoms with van der Waals surface area (Å²) in [6, 6.07) is 7.46. The largest absolute Gasteiger partial charge is 0.490 e. The SMILES string of the molecule is COCC1CCN(C(=O)c2cccc(OCC=C(C)C)c2)CC1. The minimum absolute atomic E-state index is 0.0912. The third-order valence-corrected chi connectivity index (χ3v) is 4.13. The van der Waals surface area contributed by atoms with Crippen LogP contribution in [-0.4, -0.2) is 44.2 Å². The third kappa shape index (κ3) is 5.39. The van der Waals surface area contributed by atoms with Crippen LogP contribution in [0.1, 0.15) is 37.0 Å². The van der Waals surface area contributed by atoms with E-state index in [0.29, 0.717) is 18.1 Å². The molecule has 1 amide bonds. The molecule has 4 heteroatoms. The van der Waals surface area contributed by atoms with Crippen LogP contribution in [-0.2, 0) is 4.74 Å². The van der Waals surface area contributed by atoms with E-state index < -0.39 is 0 Å². The summed E-state index contributed by atoms with van der Waals surface area (Å²) in [5.41, 5.74) is 1.92. The molecule has 0 bridgehead atoms. The van der Waals surface area contributed by atoms with E-state index >= 15 is 0 Å². The van der Waals surface area contributed by atoms with Crippen LogP contribution in [0.15, 0.2) is 35.9 Å². The Hall–Kier alpha value is -1.81. The summed E-state index contributed by atoms with van der Waals surface area (Å²) >= 11 is 0. The van der Waals surface area contributed by atoms with Gasteiger partial charge in [0.15, 0.2) is 0 Å². The van der Waals surface area contributed by atoms with Crippen LogP contribution < -0.4 is 4.74 Å². The Balaban J connectivity index is 1.93. The minimum atomic E-state index is 0.0912. The number of benzene rings is 1. The number of piperidine rings is 1. The van der Waals surface area contributed by atoms with Gasteiger partial charge < -0.3 is 14.4 Å². The second-order valence-electron chi connectivity index (χ2n) is 6.31. The molecule has 0 N–H and O–H groups in total. The zero-order valence-corrected chi connectivity index (χ0v) is 14.4. The van der Waals surface area contributed by atoms with Gasteiger partial charge in [0.2, 0.25) is 0 Å². The molecular formula is C19H27NO3. The summed E-state index contributed by atoms with van der Waals surface area (Å²) in [6.45, 7) is 7.00. The first-order valence-electron chi connectivity index (χ1n) is 8.24. The highest BCUT2D eigenvalue weighted by molar-refractivity contribution is 5.94. The van der Waals surface area contributed by atoms with Gasteiger partial charge >= 0.3 is 0 Å². The molecule has 0 radical (unpaired) electrons. The predicted molar refractivity (Wildman–Crippen MR) is 91.9 cm³/mol. The van der Waals surface area contributed by atoms with Gasteiger partial charge in [-0.15, -0.1) is 0 Å². The van der Waals surface area contributed by atoms with E-state index in [1.54, 1.807) is 7.11 Å². The number of allylic oxidation sites excluding steroid dienone is 1. The predicted octanol–water partition coefficient (Wildman–Crippen LogP) is 3.53. The van der Waals surface area contributed by atoms with Crippen LogP contribution >= 0.6 is 0 Å². The third-order valence-electron chi connectivity index (χ3n) is 4.13. The highest BCUT2D eigenvalue weighted by atomic mass is 16.5. The van der Waals surface area contributed by atoms with E-state index in [4.69, 9.17) is 9.47 Å². The molecule has 23 heavy (non-hydrogen) atoms. The number of amides is 1. The lowest BCUT2D eigenvalue weighted by molar-refractivity contribution is 0.0613. The van der Waals surface area contributed by atoms with Gasteiger partial charge in [-0.2, -0.15) is 0 Å². The first kappa shape index (κ1) is 17.5. The Morgan fingerprint density at radius 1 is 1.30 bits per heavy atom. The van der Waals surface area contributed by atoms with Crippen LogP contribution in [0.4, 0.5) is 0 Å². The zero-order valence-electron chi connectivity index (χ0n) is 14.4. The monoisotopic (exact) mass is 317 g/mol. The molecule has 0 saturated carbocycles. The molecule has 1 aromatic carbocycles. The van der Waals surface area contributed by atoms with Crippen LogP contribution in [0.3, 0.4) is 0 Å². The van der Waals surface area contributed by atoms with Gasteiger partial charge in [0.25, 0.3) is 5.91 Å². The Morgan fingerprint density at radius 3 is 2.70 bits per heavy atom. The van der Waals surface area contributed by atoms with Crippen molar-refractivity contribution in [3.8, 4) is 5.75 Å². The molecule has 1 aliphatic rings. The molecule has 4 nitrogen and oxygen atoms in total. The fourth-order valence-electron chi connectivity index (χ4n) is 2.74. The van der Waals surface area contributed by atoms with Gasteiger partial charge in [0.1, 0.15) is 12.4 Å². The summed E-state index contributed by atoms with van der Waals surface area (Å²) in [4.78, 5) is 14.6. The van der Waals surface area contributed by atoms with Crippen molar-refractivity contribution in [3.63, 3.8) is 0 Å². The van der Waals surface area contributed by atoms with Crippen LogP contribution in [0, 0.1) is 5.92 Å². The molecule has 1 fully saturated rings. The van der Waals surface area contributed by atoms with Gasteiger partial charge in [0, 0.05) is 32.4 Å². The maximum atomic E-state index is 12.6. The quantitative estimate of drug-likeness (QED) is 0.753. The number of carbonyl (C=O) groups excluding carboxylic acids is 1. The van der Waals surface area contributed by atoms with Crippen molar-refractivity contribution < 1.29 is 14.3 Å². The normalized spacial score (nSPS) is 15.3. The summed E-state index contributed by atoms with van der Waals surface area (Å²) in [7, 11) is 1.73. The number of carbonyl (C=O) groups is 1. The lowest BCUT2D eigenvalue weighted by Crippen LogP contribution is -2.39. The summed E-state index contributed by atoms with van der Waals surface area (Å²) in [5, 5.41) is 0. The van der Waals surface area contributed by atoms with E-state index in [1.165, 1.54) is 5.57 Å². The van der Waals surface area contributed by atoms with Gasteiger partial charge in [-0.1, -0.05) is 11.6 Å². The molecular weight excluding hydrogens is 290 g/mol. The molecule has 2 rings (SSSR count).